The summed E-state index contributed by atoms with van der Waals surface area (Å²) in [7, 11) is -22.1. The topological polar surface area (TPSA) is 289 Å². The molecule has 4 aromatic carbocycles. The molecule has 1 aliphatic rings. The van der Waals surface area contributed by atoms with Crippen LogP contribution in [0.1, 0.15) is 209 Å². The molecule has 0 atom stereocenters. The highest BCUT2D eigenvalue weighted by atomic mass is 31.2. The van der Waals surface area contributed by atoms with Gasteiger partial charge in [0.05, 0.1) is 13.2 Å². The summed E-state index contributed by atoms with van der Waals surface area (Å²) in [4.78, 5) is 83.7. The minimum atomic E-state index is -5.53. The number of benzene rings is 4. The molecule has 20 heteroatoms. The van der Waals surface area contributed by atoms with Crippen molar-refractivity contribution >= 4 is 30.4 Å². The smallest absolute Gasteiger partial charge is 0.345 e. The van der Waals surface area contributed by atoms with E-state index in [4.69, 9.17) is 9.47 Å². The van der Waals surface area contributed by atoms with Crippen LogP contribution in [0.3, 0.4) is 0 Å². The Kier molecular flexibility index (Phi) is 24.0. The van der Waals surface area contributed by atoms with Crippen LogP contribution >= 0.6 is 30.4 Å². The van der Waals surface area contributed by atoms with Crippen molar-refractivity contribution in [3.8, 4) is 23.0 Å². The Morgan fingerprint density at radius 1 is 0.378 bits per heavy atom. The summed E-state index contributed by atoms with van der Waals surface area (Å²) in [5.74, 6) is -0.0172. The summed E-state index contributed by atoms with van der Waals surface area (Å²) in [5.41, 5.74) is 1.24. The van der Waals surface area contributed by atoms with Crippen molar-refractivity contribution < 1.29 is 77.1 Å². The van der Waals surface area contributed by atoms with E-state index in [2.05, 4.69) is 13.8 Å². The molecule has 0 heterocycles. The van der Waals surface area contributed by atoms with E-state index in [1.165, 1.54) is 88.5 Å². The number of phenols is 2. The molecule has 4 aromatic rings. The molecule has 0 saturated heterocycles. The molecule has 10 N–H and O–H groups in total. The predicted molar refractivity (Wildman–Crippen MR) is 289 cm³/mol. The molecular weight excluding hydrogens is 1030 g/mol. The second kappa shape index (κ2) is 28.9. The van der Waals surface area contributed by atoms with Gasteiger partial charge in [0.25, 0.3) is 0 Å². The number of phenolic OH excluding ortho intramolecular Hbond substituents is 2. The largest absolute Gasteiger partial charge is 0.507 e. The fraction of sp³-hybridized carbons (Fsp3) is 0.556. The van der Waals surface area contributed by atoms with Crippen molar-refractivity contribution in [3.05, 3.63) is 116 Å². The summed E-state index contributed by atoms with van der Waals surface area (Å²) in [6.07, 6.45) is 20.7. The van der Waals surface area contributed by atoms with E-state index in [0.717, 1.165) is 51.4 Å². The van der Waals surface area contributed by atoms with Gasteiger partial charge >= 0.3 is 30.4 Å². The van der Waals surface area contributed by atoms with Crippen LogP contribution in [-0.2, 0) is 43.9 Å². The summed E-state index contributed by atoms with van der Waals surface area (Å²) in [6.45, 7) is 4.82. The number of aromatic hydroxyl groups is 2. The maximum Gasteiger partial charge on any atom is 0.345 e. The van der Waals surface area contributed by atoms with Crippen molar-refractivity contribution in [2.75, 3.05) is 13.2 Å². The van der Waals surface area contributed by atoms with Crippen LogP contribution in [0.2, 0.25) is 0 Å². The van der Waals surface area contributed by atoms with Crippen molar-refractivity contribution in [3.63, 3.8) is 0 Å². The summed E-state index contributed by atoms with van der Waals surface area (Å²) in [6, 6.07) is 14.8. The Morgan fingerprint density at radius 3 is 0.838 bits per heavy atom. The van der Waals surface area contributed by atoms with E-state index < -0.39 is 41.2 Å². The minimum absolute atomic E-state index is 0.0691. The van der Waals surface area contributed by atoms with Crippen LogP contribution in [0.15, 0.2) is 60.7 Å². The first-order valence-corrected chi connectivity index (χ1v) is 33.1. The van der Waals surface area contributed by atoms with Gasteiger partial charge in [-0.25, -0.2) is 0 Å². The van der Waals surface area contributed by atoms with Gasteiger partial charge in [-0.15, -0.1) is 0 Å². The quantitative estimate of drug-likeness (QED) is 0.0151. The van der Waals surface area contributed by atoms with Gasteiger partial charge in [-0.1, -0.05) is 190 Å². The zero-order valence-corrected chi connectivity index (χ0v) is 46.6. The van der Waals surface area contributed by atoms with E-state index in [9.17, 15) is 67.6 Å². The first-order chi connectivity index (χ1) is 35.0. The SMILES string of the molecule is CCCCCCCCCCCCOc1c2cccc1Cc1cc(C(P(=O)(O)O)P(=O)(O)O)cc(c1O)Cc1cccc(c1OCCCCCCCCCCCC)Cc1cc(C(P(=O)(O)O)P(=O)(O)O)cc(c1O)C2. The zero-order chi connectivity index (χ0) is 54.1. The number of para-hydroxylation sites is 2. The van der Waals surface area contributed by atoms with Crippen LogP contribution < -0.4 is 9.47 Å². The Labute approximate surface area is 437 Å². The summed E-state index contributed by atoms with van der Waals surface area (Å²) < 4.78 is 64.9. The Balaban J connectivity index is 1.65. The van der Waals surface area contributed by atoms with Gasteiger partial charge in [0.15, 0.2) is 10.8 Å². The van der Waals surface area contributed by atoms with Gasteiger partial charge < -0.3 is 58.8 Å². The first kappa shape index (κ1) is 61.5. The average molecular weight is 1110 g/mol. The van der Waals surface area contributed by atoms with Crippen molar-refractivity contribution in [2.45, 2.75) is 179 Å². The number of fused-ring (bicyclic) bond motifs is 8. The molecule has 412 valence electrons. The van der Waals surface area contributed by atoms with E-state index in [-0.39, 0.29) is 95.3 Å². The van der Waals surface area contributed by atoms with Gasteiger partial charge in [0, 0.05) is 25.7 Å². The Bertz CT molecular complexity index is 2320. The maximum atomic E-state index is 13.0. The molecule has 0 aromatic heterocycles. The molecule has 0 saturated carbocycles. The van der Waals surface area contributed by atoms with Crippen LogP contribution in [0.5, 0.6) is 23.0 Å². The van der Waals surface area contributed by atoms with Crippen LogP contribution in [-0.4, -0.2) is 62.6 Å². The van der Waals surface area contributed by atoms with Gasteiger partial charge in [0.1, 0.15) is 23.0 Å². The summed E-state index contributed by atoms with van der Waals surface area (Å²) in [5, 5.41) is 19.3. The lowest BCUT2D eigenvalue weighted by molar-refractivity contribution is 0.298. The fourth-order valence-electron chi connectivity index (χ4n) is 10.1. The number of rotatable bonds is 30. The lowest BCUT2D eigenvalue weighted by Crippen LogP contribution is -2.09. The molecule has 74 heavy (non-hydrogen) atoms. The van der Waals surface area contributed by atoms with Crippen molar-refractivity contribution in [2.24, 2.45) is 0 Å². The van der Waals surface area contributed by atoms with E-state index in [1.807, 2.05) is 0 Å². The highest BCUT2D eigenvalue weighted by Crippen LogP contribution is 2.71. The first-order valence-electron chi connectivity index (χ1n) is 26.4. The molecular formula is C54H80O16P4. The molecule has 1 aliphatic carbocycles. The van der Waals surface area contributed by atoms with Gasteiger partial charge in [0.2, 0.25) is 0 Å². The molecule has 5 rings (SSSR count). The molecule has 0 spiro atoms. The number of hydrogen-bond donors (Lipinski definition) is 10. The van der Waals surface area contributed by atoms with E-state index in [1.54, 1.807) is 36.4 Å². The Hall–Kier alpha value is -3.32. The molecule has 0 amide bonds. The second-order valence-electron chi connectivity index (χ2n) is 20.1. The standard InChI is InChI=1S/C54H80O16P4/c1-3-5-7-9-11-13-15-17-19-21-29-69-51-39-25-23-26-40(51)32-44-36-48(54(73(63,64)65)74(66,67)68)38-46(50(44)56)34-42-28-24-27-41(52(42)70-30-22-20-18-16-14-12-10-8-6-4-2)33-45-37-47(35-43(31-39)49(45)55)53(71(57,58)59)72(60,61)62/h23-28,35-38,53-56H,3-22,29-34H2,1-2H3,(H2,57,58,59)(H2,60,61,62)(H2,63,64,65)(H2,66,67,68). The zero-order valence-electron chi connectivity index (χ0n) is 43.0. The number of ether oxygens (including phenoxy) is 2. The monoisotopic (exact) mass is 1110 g/mol. The number of hydrogen-bond acceptors (Lipinski definition) is 8. The lowest BCUT2D eigenvalue weighted by Gasteiger charge is -2.25. The third-order valence-electron chi connectivity index (χ3n) is 13.8. The molecule has 0 radical (unpaired) electrons. The minimum Gasteiger partial charge on any atom is -0.507 e. The molecule has 0 aliphatic heterocycles. The van der Waals surface area contributed by atoms with Gasteiger partial charge in [-0.05, 0) is 68.5 Å². The van der Waals surface area contributed by atoms with Gasteiger partial charge in [-0.2, -0.15) is 0 Å². The van der Waals surface area contributed by atoms with Crippen molar-refractivity contribution in [1.29, 1.82) is 0 Å². The van der Waals surface area contributed by atoms with Crippen LogP contribution in [0, 0.1) is 0 Å². The second-order valence-corrected chi connectivity index (χ2v) is 27.7. The van der Waals surface area contributed by atoms with Crippen molar-refractivity contribution in [1.82, 2.24) is 0 Å². The van der Waals surface area contributed by atoms with Crippen LogP contribution in [0.4, 0.5) is 0 Å². The molecule has 8 bridgehead atoms. The molecule has 16 nitrogen and oxygen atoms in total. The highest BCUT2D eigenvalue weighted by molar-refractivity contribution is 7.70. The normalized spacial score (nSPS) is 13.5. The Morgan fingerprint density at radius 2 is 0.608 bits per heavy atom. The molecule has 0 fully saturated rings. The fourth-order valence-corrected chi connectivity index (χ4v) is 15.4. The lowest BCUT2D eigenvalue weighted by atomic mass is 9.90. The van der Waals surface area contributed by atoms with E-state index in [0.29, 0.717) is 35.1 Å². The third-order valence-corrected chi connectivity index (χ3v) is 21.2. The maximum absolute atomic E-state index is 13.0. The number of unbranched alkanes of at least 4 members (excludes halogenated alkanes) is 18. The van der Waals surface area contributed by atoms with Gasteiger partial charge in [-0.3, -0.25) is 18.3 Å². The third kappa shape index (κ3) is 18.4. The molecule has 0 unspecified atom stereocenters. The van der Waals surface area contributed by atoms with Crippen LogP contribution in [0.25, 0.3) is 0 Å². The highest BCUT2D eigenvalue weighted by Gasteiger charge is 2.46. The average Bonchev–Trinajstić information content (AvgIpc) is 3.29. The van der Waals surface area contributed by atoms with E-state index >= 15 is 0 Å². The summed E-state index contributed by atoms with van der Waals surface area (Å²) >= 11 is 0. The predicted octanol–water partition coefficient (Wildman–Crippen LogP) is 13.1.